The Labute approximate surface area is 121 Å². The lowest BCUT2D eigenvalue weighted by Gasteiger charge is -2.14. The molecule has 0 spiro atoms. The molecule has 0 fully saturated rings. The molecule has 20 heavy (non-hydrogen) atoms. The number of hydrogen-bond donors (Lipinski definition) is 1. The molecule has 0 aliphatic rings. The molecule has 3 heteroatoms. The lowest BCUT2D eigenvalue weighted by molar-refractivity contribution is -0.135. The highest BCUT2D eigenvalue weighted by Crippen LogP contribution is 2.29. The van der Waals surface area contributed by atoms with Crippen molar-refractivity contribution in [3.05, 3.63) is 34.9 Å². The van der Waals surface area contributed by atoms with Crippen molar-refractivity contribution >= 4 is 11.5 Å². The minimum Gasteiger partial charge on any atom is -0.493 e. The molecule has 1 aromatic carbocycles. The van der Waals surface area contributed by atoms with E-state index in [2.05, 4.69) is 13.0 Å². The van der Waals surface area contributed by atoms with E-state index in [0.29, 0.717) is 0 Å². The van der Waals surface area contributed by atoms with Crippen molar-refractivity contribution in [1.29, 1.82) is 0 Å². The highest BCUT2D eigenvalue weighted by atomic mass is 16.5. The Morgan fingerprint density at radius 1 is 1.25 bits per heavy atom. The Kier molecular flexibility index (Phi) is 6.29. The summed E-state index contributed by atoms with van der Waals surface area (Å²) >= 11 is 0. The van der Waals surface area contributed by atoms with Gasteiger partial charge in [-0.15, -0.1) is 0 Å². The van der Waals surface area contributed by atoms with E-state index in [0.717, 1.165) is 47.5 Å². The molecule has 0 aliphatic carbocycles. The summed E-state index contributed by atoms with van der Waals surface area (Å²) in [6.45, 7) is 8.91. The molecule has 3 nitrogen and oxygen atoms in total. The van der Waals surface area contributed by atoms with E-state index in [1.807, 2.05) is 26.8 Å². The van der Waals surface area contributed by atoms with Gasteiger partial charge in [0.05, 0.1) is 13.0 Å². The number of hydrogen-bond acceptors (Lipinski definition) is 2. The summed E-state index contributed by atoms with van der Waals surface area (Å²) < 4.78 is 5.72. The van der Waals surface area contributed by atoms with Crippen LogP contribution in [0.15, 0.2) is 18.2 Å². The highest BCUT2D eigenvalue weighted by Gasteiger charge is 2.09. The monoisotopic (exact) mass is 276 g/mol. The van der Waals surface area contributed by atoms with Gasteiger partial charge in [0.15, 0.2) is 0 Å². The summed E-state index contributed by atoms with van der Waals surface area (Å²) in [5.41, 5.74) is 4.42. The van der Waals surface area contributed by atoms with Crippen LogP contribution in [0.25, 0.3) is 5.57 Å². The first kappa shape index (κ1) is 16.3. The van der Waals surface area contributed by atoms with E-state index in [1.165, 1.54) is 0 Å². The van der Waals surface area contributed by atoms with Crippen LogP contribution in [0.4, 0.5) is 0 Å². The van der Waals surface area contributed by atoms with E-state index < -0.39 is 5.97 Å². The number of aryl methyl sites for hydroxylation is 2. The number of benzene rings is 1. The summed E-state index contributed by atoms with van der Waals surface area (Å²) in [4.78, 5) is 10.7. The summed E-state index contributed by atoms with van der Waals surface area (Å²) in [6, 6.07) is 4.14. The first-order chi connectivity index (χ1) is 9.49. The molecule has 0 aromatic heterocycles. The average Bonchev–Trinajstić information content (AvgIpc) is 2.40. The largest absolute Gasteiger partial charge is 0.493 e. The molecule has 0 unspecified atom stereocenters. The Balaban J connectivity index is 3.08. The van der Waals surface area contributed by atoms with Crippen molar-refractivity contribution in [3.63, 3.8) is 0 Å². The molecule has 0 saturated heterocycles. The normalized spacial score (nSPS) is 11.5. The predicted octanol–water partition coefficient (Wildman–Crippen LogP) is 4.36. The minimum atomic E-state index is -0.798. The zero-order valence-electron chi connectivity index (χ0n) is 12.8. The molecule has 0 aliphatic heterocycles. The number of rotatable bonds is 7. The maximum atomic E-state index is 10.7. The zero-order chi connectivity index (χ0) is 15.1. The molecule has 1 rings (SSSR count). The molecular formula is C17H24O3. The van der Waals surface area contributed by atoms with Gasteiger partial charge in [0, 0.05) is 0 Å². The third kappa shape index (κ3) is 4.41. The van der Waals surface area contributed by atoms with Crippen molar-refractivity contribution in [2.75, 3.05) is 6.61 Å². The SMILES string of the molecule is CCCOc1cc(C)c(/C(=C/CC(=O)O)CC)cc1C. The van der Waals surface area contributed by atoms with Gasteiger partial charge in [-0.05, 0) is 61.1 Å². The Morgan fingerprint density at radius 3 is 2.50 bits per heavy atom. The maximum Gasteiger partial charge on any atom is 0.307 e. The Morgan fingerprint density at radius 2 is 1.95 bits per heavy atom. The van der Waals surface area contributed by atoms with Crippen molar-refractivity contribution in [2.45, 2.75) is 47.0 Å². The molecule has 0 bridgehead atoms. The van der Waals surface area contributed by atoms with E-state index >= 15 is 0 Å². The van der Waals surface area contributed by atoms with Crippen LogP contribution in [0.1, 0.15) is 49.8 Å². The maximum absolute atomic E-state index is 10.7. The van der Waals surface area contributed by atoms with Gasteiger partial charge in [-0.1, -0.05) is 19.9 Å². The Bertz CT molecular complexity index is 501. The lowest BCUT2D eigenvalue weighted by Crippen LogP contribution is -2.00. The van der Waals surface area contributed by atoms with Gasteiger partial charge >= 0.3 is 5.97 Å². The van der Waals surface area contributed by atoms with Crippen molar-refractivity contribution in [2.24, 2.45) is 0 Å². The van der Waals surface area contributed by atoms with E-state index in [9.17, 15) is 4.79 Å². The molecule has 1 N–H and O–H groups in total. The Hall–Kier alpha value is -1.77. The van der Waals surface area contributed by atoms with Gasteiger partial charge in [-0.25, -0.2) is 0 Å². The smallest absolute Gasteiger partial charge is 0.307 e. The van der Waals surface area contributed by atoms with Crippen LogP contribution in [0.2, 0.25) is 0 Å². The summed E-state index contributed by atoms with van der Waals surface area (Å²) in [6.07, 6.45) is 3.67. The highest BCUT2D eigenvalue weighted by molar-refractivity contribution is 5.75. The van der Waals surface area contributed by atoms with Crippen LogP contribution in [0.5, 0.6) is 5.75 Å². The van der Waals surface area contributed by atoms with Crippen LogP contribution in [0, 0.1) is 13.8 Å². The number of carboxylic acid groups (broad SMARTS) is 1. The van der Waals surface area contributed by atoms with E-state index in [1.54, 1.807) is 6.08 Å². The second kappa shape index (κ2) is 7.73. The van der Waals surface area contributed by atoms with E-state index in [-0.39, 0.29) is 6.42 Å². The molecular weight excluding hydrogens is 252 g/mol. The third-order valence-corrected chi connectivity index (χ3v) is 3.23. The van der Waals surface area contributed by atoms with E-state index in [4.69, 9.17) is 9.84 Å². The van der Waals surface area contributed by atoms with Crippen molar-refractivity contribution in [3.8, 4) is 5.75 Å². The van der Waals surface area contributed by atoms with Crippen LogP contribution in [-0.2, 0) is 4.79 Å². The van der Waals surface area contributed by atoms with Gasteiger partial charge in [0.2, 0.25) is 0 Å². The van der Waals surface area contributed by atoms with Gasteiger partial charge in [0.1, 0.15) is 5.75 Å². The standard InChI is InChI=1S/C17H24O3/c1-5-9-20-16-11-12(3)15(10-13(16)4)14(6-2)7-8-17(18)19/h7,10-11H,5-6,8-9H2,1-4H3,(H,18,19)/b14-7+. The fourth-order valence-corrected chi connectivity index (χ4v) is 2.16. The first-order valence-electron chi connectivity index (χ1n) is 7.14. The van der Waals surface area contributed by atoms with Crippen LogP contribution < -0.4 is 4.74 Å². The third-order valence-electron chi connectivity index (χ3n) is 3.23. The lowest BCUT2D eigenvalue weighted by atomic mass is 9.95. The van der Waals surface area contributed by atoms with Crippen LogP contribution in [-0.4, -0.2) is 17.7 Å². The molecule has 0 saturated carbocycles. The number of carbonyl (C=O) groups is 1. The number of aliphatic carboxylic acids is 1. The summed E-state index contributed by atoms with van der Waals surface area (Å²) in [5.74, 6) is 0.120. The molecule has 0 atom stereocenters. The second-order valence-corrected chi connectivity index (χ2v) is 4.96. The first-order valence-corrected chi connectivity index (χ1v) is 7.14. The van der Waals surface area contributed by atoms with Crippen molar-refractivity contribution < 1.29 is 14.6 Å². The predicted molar refractivity (Wildman–Crippen MR) is 82.2 cm³/mol. The van der Waals surface area contributed by atoms with Crippen molar-refractivity contribution in [1.82, 2.24) is 0 Å². The molecule has 0 amide bonds. The van der Waals surface area contributed by atoms with Gasteiger partial charge in [-0.3, -0.25) is 4.79 Å². The number of ether oxygens (including phenoxy) is 1. The molecule has 0 heterocycles. The summed E-state index contributed by atoms with van der Waals surface area (Å²) in [5, 5.41) is 8.81. The topological polar surface area (TPSA) is 46.5 Å². The molecule has 1 aromatic rings. The zero-order valence-corrected chi connectivity index (χ0v) is 12.8. The summed E-state index contributed by atoms with van der Waals surface area (Å²) in [7, 11) is 0. The molecule has 110 valence electrons. The molecule has 0 radical (unpaired) electrons. The van der Waals surface area contributed by atoms with Gasteiger partial charge in [0.25, 0.3) is 0 Å². The fraction of sp³-hybridized carbons (Fsp3) is 0.471. The van der Waals surface area contributed by atoms with Gasteiger partial charge in [-0.2, -0.15) is 0 Å². The second-order valence-electron chi connectivity index (χ2n) is 4.96. The number of carboxylic acids is 1. The van der Waals surface area contributed by atoms with Crippen LogP contribution in [0.3, 0.4) is 0 Å². The average molecular weight is 276 g/mol. The van der Waals surface area contributed by atoms with Crippen LogP contribution >= 0.6 is 0 Å². The minimum absolute atomic E-state index is 0.0652. The van der Waals surface area contributed by atoms with Gasteiger partial charge < -0.3 is 9.84 Å². The quantitative estimate of drug-likeness (QED) is 0.804. The fourth-order valence-electron chi connectivity index (χ4n) is 2.16. The number of allylic oxidation sites excluding steroid dienone is 1.